The van der Waals surface area contributed by atoms with Gasteiger partial charge in [-0.3, -0.25) is 10.1 Å². The van der Waals surface area contributed by atoms with E-state index in [1.165, 1.54) is 18.2 Å². The number of nitro benzene ring substituents is 1. The Balaban J connectivity index is 1.90. The molecule has 0 aromatic heterocycles. The van der Waals surface area contributed by atoms with Crippen molar-refractivity contribution in [1.29, 1.82) is 0 Å². The highest BCUT2D eigenvalue weighted by molar-refractivity contribution is 5.63. The number of hydrogen-bond donors (Lipinski definition) is 1. The molecule has 0 radical (unpaired) electrons. The van der Waals surface area contributed by atoms with Crippen molar-refractivity contribution in [3.05, 3.63) is 34.1 Å². The van der Waals surface area contributed by atoms with E-state index in [2.05, 4.69) is 5.32 Å². The van der Waals surface area contributed by atoms with Crippen LogP contribution in [0, 0.1) is 27.3 Å². The summed E-state index contributed by atoms with van der Waals surface area (Å²) in [4.78, 5) is 10.5. The molecule has 2 fully saturated rings. The lowest BCUT2D eigenvalue weighted by molar-refractivity contribution is -0.384. The molecule has 0 spiro atoms. The van der Waals surface area contributed by atoms with Gasteiger partial charge in [0.05, 0.1) is 11.0 Å². The average Bonchev–Trinajstić information content (AvgIpc) is 2.83. The Kier molecular flexibility index (Phi) is 2.93. The van der Waals surface area contributed by atoms with Crippen molar-refractivity contribution in [2.75, 3.05) is 11.9 Å². The molecule has 1 aromatic carbocycles. The van der Waals surface area contributed by atoms with Crippen molar-refractivity contribution in [2.24, 2.45) is 11.3 Å². The molecule has 20 heavy (non-hydrogen) atoms. The Morgan fingerprint density at radius 3 is 2.95 bits per heavy atom. The lowest BCUT2D eigenvalue weighted by Gasteiger charge is -2.54. The summed E-state index contributed by atoms with van der Waals surface area (Å²) in [6, 6.07) is 3.90. The zero-order valence-electron chi connectivity index (χ0n) is 11.4. The number of anilines is 1. The fourth-order valence-electron chi connectivity index (χ4n) is 3.58. The Bertz CT molecular complexity index is 561. The standard InChI is InChI=1S/C14H17FN2O3/c1-14(2)12(8-6-7-20-13(8)14)16-11-9(15)4-3-5-10(11)17(18)19/h3-5,8,12-13,16H,6-7H2,1-2H3. The number of ether oxygens (including phenoxy) is 1. The van der Waals surface area contributed by atoms with E-state index in [0.29, 0.717) is 12.5 Å². The molecule has 3 unspecified atom stereocenters. The number of nitrogens with one attached hydrogen (secondary N) is 1. The van der Waals surface area contributed by atoms with Crippen molar-refractivity contribution in [3.8, 4) is 0 Å². The van der Waals surface area contributed by atoms with Gasteiger partial charge in [-0.2, -0.15) is 0 Å². The molecule has 6 heteroatoms. The van der Waals surface area contributed by atoms with E-state index < -0.39 is 10.7 Å². The maximum absolute atomic E-state index is 13.9. The number of fused-ring (bicyclic) bond motifs is 1. The van der Waals surface area contributed by atoms with Crippen molar-refractivity contribution in [3.63, 3.8) is 0 Å². The van der Waals surface area contributed by atoms with E-state index in [1.54, 1.807) is 0 Å². The first-order valence-corrected chi connectivity index (χ1v) is 6.74. The number of rotatable bonds is 3. The van der Waals surface area contributed by atoms with Crippen molar-refractivity contribution in [1.82, 2.24) is 0 Å². The fraction of sp³-hybridized carbons (Fsp3) is 0.571. The maximum atomic E-state index is 13.9. The summed E-state index contributed by atoms with van der Waals surface area (Å²) in [6.45, 7) is 4.80. The van der Waals surface area contributed by atoms with Gasteiger partial charge in [-0.25, -0.2) is 4.39 Å². The average molecular weight is 280 g/mol. The predicted molar refractivity (Wildman–Crippen MR) is 72.1 cm³/mol. The lowest BCUT2D eigenvalue weighted by atomic mass is 9.57. The summed E-state index contributed by atoms with van der Waals surface area (Å²) >= 11 is 0. The number of nitrogens with zero attached hydrogens (tertiary/aromatic N) is 1. The van der Waals surface area contributed by atoms with Gasteiger partial charge in [-0.15, -0.1) is 0 Å². The molecule has 1 N–H and O–H groups in total. The highest BCUT2D eigenvalue weighted by Gasteiger charge is 2.59. The van der Waals surface area contributed by atoms with Crippen LogP contribution in [0.3, 0.4) is 0 Å². The van der Waals surface area contributed by atoms with Gasteiger partial charge in [0.2, 0.25) is 0 Å². The van der Waals surface area contributed by atoms with Crippen LogP contribution in [0.4, 0.5) is 15.8 Å². The third-order valence-corrected chi connectivity index (χ3v) is 4.59. The van der Waals surface area contributed by atoms with Gasteiger partial charge in [-0.05, 0) is 12.5 Å². The van der Waals surface area contributed by atoms with Crippen LogP contribution in [0.25, 0.3) is 0 Å². The molecular formula is C14H17FN2O3. The van der Waals surface area contributed by atoms with Crippen LogP contribution in [0.2, 0.25) is 0 Å². The molecule has 1 saturated heterocycles. The number of nitro groups is 1. The number of hydrogen-bond acceptors (Lipinski definition) is 4. The van der Waals surface area contributed by atoms with Crippen LogP contribution < -0.4 is 5.32 Å². The molecule has 1 aromatic rings. The van der Waals surface area contributed by atoms with Crippen LogP contribution in [0.15, 0.2) is 18.2 Å². The van der Waals surface area contributed by atoms with Crippen molar-refractivity contribution in [2.45, 2.75) is 32.4 Å². The van der Waals surface area contributed by atoms with Crippen molar-refractivity contribution >= 4 is 11.4 Å². The summed E-state index contributed by atoms with van der Waals surface area (Å²) in [5.41, 5.74) is -0.388. The Hall–Kier alpha value is -1.69. The number of para-hydroxylation sites is 1. The van der Waals surface area contributed by atoms with Gasteiger partial charge in [-0.1, -0.05) is 19.9 Å². The largest absolute Gasteiger partial charge is 0.377 e. The van der Waals surface area contributed by atoms with E-state index in [4.69, 9.17) is 4.74 Å². The minimum Gasteiger partial charge on any atom is -0.377 e. The molecular weight excluding hydrogens is 263 g/mol. The second kappa shape index (κ2) is 4.41. The Morgan fingerprint density at radius 1 is 1.50 bits per heavy atom. The van der Waals surface area contributed by atoms with Crippen LogP contribution in [-0.4, -0.2) is 23.7 Å². The molecule has 108 valence electrons. The summed E-state index contributed by atoms with van der Waals surface area (Å²) in [7, 11) is 0. The van der Waals surface area contributed by atoms with Crippen LogP contribution >= 0.6 is 0 Å². The lowest BCUT2D eigenvalue weighted by Crippen LogP contribution is -2.63. The molecule has 1 heterocycles. The van der Waals surface area contributed by atoms with E-state index in [-0.39, 0.29) is 28.9 Å². The minimum absolute atomic E-state index is 0.00870. The van der Waals surface area contributed by atoms with Crippen LogP contribution in [-0.2, 0) is 4.74 Å². The van der Waals surface area contributed by atoms with Gasteiger partial charge in [0.25, 0.3) is 5.69 Å². The number of benzene rings is 1. The zero-order chi connectivity index (χ0) is 14.5. The van der Waals surface area contributed by atoms with E-state index in [1.807, 2.05) is 13.8 Å². The predicted octanol–water partition coefficient (Wildman–Crippen LogP) is 2.96. The van der Waals surface area contributed by atoms with E-state index >= 15 is 0 Å². The van der Waals surface area contributed by atoms with Gasteiger partial charge >= 0.3 is 0 Å². The minimum atomic E-state index is -0.586. The van der Waals surface area contributed by atoms with Gasteiger partial charge in [0.1, 0.15) is 5.69 Å². The summed E-state index contributed by atoms with van der Waals surface area (Å²) in [6.07, 6.45) is 1.07. The van der Waals surface area contributed by atoms with Crippen molar-refractivity contribution < 1.29 is 14.1 Å². The first-order valence-electron chi connectivity index (χ1n) is 6.74. The second-order valence-electron chi connectivity index (χ2n) is 6.08. The summed E-state index contributed by atoms with van der Waals surface area (Å²) in [5.74, 6) is -0.290. The first-order chi connectivity index (χ1) is 9.43. The molecule has 1 aliphatic carbocycles. The molecule has 0 bridgehead atoms. The maximum Gasteiger partial charge on any atom is 0.295 e. The summed E-state index contributed by atoms with van der Waals surface area (Å²) in [5, 5.41) is 14.1. The van der Waals surface area contributed by atoms with E-state index in [0.717, 1.165) is 6.42 Å². The highest BCUT2D eigenvalue weighted by atomic mass is 19.1. The van der Waals surface area contributed by atoms with Crippen LogP contribution in [0.1, 0.15) is 20.3 Å². The Morgan fingerprint density at radius 2 is 2.25 bits per heavy atom. The molecule has 1 aliphatic heterocycles. The monoisotopic (exact) mass is 280 g/mol. The van der Waals surface area contributed by atoms with E-state index in [9.17, 15) is 14.5 Å². The fourth-order valence-corrected chi connectivity index (χ4v) is 3.58. The second-order valence-corrected chi connectivity index (χ2v) is 6.08. The van der Waals surface area contributed by atoms with Gasteiger partial charge in [0.15, 0.2) is 5.82 Å². The molecule has 5 nitrogen and oxygen atoms in total. The molecule has 3 rings (SSSR count). The topological polar surface area (TPSA) is 64.4 Å². The SMILES string of the molecule is CC1(C)C(Nc2c(F)cccc2[N+](=O)[O-])C2CCOC21. The van der Waals surface area contributed by atoms with Gasteiger partial charge < -0.3 is 10.1 Å². The summed E-state index contributed by atoms with van der Waals surface area (Å²) < 4.78 is 19.6. The smallest absolute Gasteiger partial charge is 0.295 e. The quantitative estimate of drug-likeness (QED) is 0.683. The third-order valence-electron chi connectivity index (χ3n) is 4.59. The molecule has 3 atom stereocenters. The van der Waals surface area contributed by atoms with Crippen LogP contribution in [0.5, 0.6) is 0 Å². The number of halogens is 1. The van der Waals surface area contributed by atoms with Gasteiger partial charge in [0, 0.05) is 30.0 Å². The normalized spacial score (nSPS) is 30.4. The third kappa shape index (κ3) is 1.78. The Labute approximate surface area is 116 Å². The zero-order valence-corrected chi connectivity index (χ0v) is 11.4. The molecule has 1 saturated carbocycles. The first kappa shape index (κ1) is 13.3. The highest BCUT2D eigenvalue weighted by Crippen LogP contribution is 2.53. The molecule has 0 amide bonds. The molecule has 2 aliphatic rings.